The summed E-state index contributed by atoms with van der Waals surface area (Å²) in [6.07, 6.45) is 2.61. The number of benzene rings is 1. The molecule has 1 N–H and O–H groups in total. The van der Waals surface area contributed by atoms with E-state index in [2.05, 4.69) is 18.8 Å². The highest BCUT2D eigenvalue weighted by atomic mass is 35.5. The molecule has 20 heavy (non-hydrogen) atoms. The first kappa shape index (κ1) is 13.4. The molecule has 0 saturated carbocycles. The molecule has 0 fully saturated rings. The summed E-state index contributed by atoms with van der Waals surface area (Å²) in [6.45, 7) is 4.35. The van der Waals surface area contributed by atoms with E-state index in [-0.39, 0.29) is 5.41 Å². The Morgan fingerprint density at radius 2 is 2.15 bits per heavy atom. The highest BCUT2D eigenvalue weighted by Gasteiger charge is 2.30. The lowest BCUT2D eigenvalue weighted by molar-refractivity contribution is 0.0696. The van der Waals surface area contributed by atoms with Crippen LogP contribution in [0.5, 0.6) is 0 Å². The molecular weight excluding hydrogens is 274 g/mol. The van der Waals surface area contributed by atoms with E-state index in [9.17, 15) is 9.90 Å². The molecule has 0 saturated heterocycles. The molecule has 0 amide bonds. The predicted octanol–water partition coefficient (Wildman–Crippen LogP) is 4.10. The third-order valence-electron chi connectivity index (χ3n) is 4.04. The monoisotopic (exact) mass is 289 g/mol. The van der Waals surface area contributed by atoms with E-state index in [1.54, 1.807) is 18.2 Å². The van der Waals surface area contributed by atoms with Gasteiger partial charge in [-0.15, -0.1) is 0 Å². The molecule has 0 spiro atoms. The van der Waals surface area contributed by atoms with Gasteiger partial charge >= 0.3 is 5.97 Å². The Bertz CT molecular complexity index is 722. The van der Waals surface area contributed by atoms with Gasteiger partial charge < -0.3 is 5.11 Å². The number of aryl methyl sites for hydroxylation is 1. The van der Waals surface area contributed by atoms with Gasteiger partial charge in [-0.3, -0.25) is 4.98 Å². The second-order valence-corrected chi connectivity index (χ2v) is 6.66. The molecule has 1 aliphatic carbocycles. The summed E-state index contributed by atoms with van der Waals surface area (Å²) in [5, 5.41) is 10.9. The summed E-state index contributed by atoms with van der Waals surface area (Å²) in [6, 6.07) is 5.22. The zero-order chi connectivity index (χ0) is 14.5. The number of nitrogens with zero attached hydrogens (tertiary/aromatic N) is 1. The van der Waals surface area contributed by atoms with Crippen molar-refractivity contribution in [3.8, 4) is 0 Å². The van der Waals surface area contributed by atoms with E-state index in [1.807, 2.05) is 0 Å². The van der Waals surface area contributed by atoms with E-state index in [4.69, 9.17) is 11.6 Å². The smallest absolute Gasteiger partial charge is 0.336 e. The average molecular weight is 290 g/mol. The highest BCUT2D eigenvalue weighted by molar-refractivity contribution is 6.31. The summed E-state index contributed by atoms with van der Waals surface area (Å²) in [7, 11) is 0. The van der Waals surface area contributed by atoms with Crippen LogP contribution in [0.15, 0.2) is 18.2 Å². The number of rotatable bonds is 1. The van der Waals surface area contributed by atoms with Crippen LogP contribution in [0, 0.1) is 5.41 Å². The summed E-state index contributed by atoms with van der Waals surface area (Å²) in [5.74, 6) is -0.881. The van der Waals surface area contributed by atoms with Crippen molar-refractivity contribution in [2.45, 2.75) is 33.1 Å². The van der Waals surface area contributed by atoms with Crippen LogP contribution < -0.4 is 0 Å². The lowest BCUT2D eigenvalue weighted by Crippen LogP contribution is -2.25. The van der Waals surface area contributed by atoms with Crippen molar-refractivity contribution in [1.29, 1.82) is 0 Å². The Morgan fingerprint density at radius 3 is 2.85 bits per heavy atom. The number of aromatic nitrogens is 1. The van der Waals surface area contributed by atoms with Gasteiger partial charge in [0.15, 0.2) is 0 Å². The minimum Gasteiger partial charge on any atom is -0.478 e. The van der Waals surface area contributed by atoms with Gasteiger partial charge in [0, 0.05) is 16.1 Å². The molecule has 0 radical (unpaired) electrons. The molecule has 0 atom stereocenters. The first-order valence-corrected chi connectivity index (χ1v) is 7.09. The Balaban J connectivity index is 2.35. The van der Waals surface area contributed by atoms with Gasteiger partial charge in [-0.2, -0.15) is 0 Å². The summed E-state index contributed by atoms with van der Waals surface area (Å²) in [5.41, 5.74) is 3.00. The van der Waals surface area contributed by atoms with Gasteiger partial charge in [0.05, 0.1) is 11.1 Å². The summed E-state index contributed by atoms with van der Waals surface area (Å²) >= 11 is 5.99. The minimum atomic E-state index is -0.881. The third-order valence-corrected chi connectivity index (χ3v) is 4.28. The van der Waals surface area contributed by atoms with Crippen molar-refractivity contribution in [3.63, 3.8) is 0 Å². The summed E-state index contributed by atoms with van der Waals surface area (Å²) < 4.78 is 0. The van der Waals surface area contributed by atoms with Crippen LogP contribution in [0.3, 0.4) is 0 Å². The van der Waals surface area contributed by atoms with Gasteiger partial charge in [-0.1, -0.05) is 31.5 Å². The van der Waals surface area contributed by atoms with Gasteiger partial charge in [-0.05, 0) is 42.4 Å². The number of carbonyl (C=O) groups is 1. The number of hydrogen-bond acceptors (Lipinski definition) is 2. The highest BCUT2D eigenvalue weighted by Crippen LogP contribution is 2.38. The van der Waals surface area contributed by atoms with Crippen molar-refractivity contribution in [3.05, 3.63) is 40.0 Å². The van der Waals surface area contributed by atoms with Crippen molar-refractivity contribution >= 4 is 28.5 Å². The Labute approximate surface area is 122 Å². The van der Waals surface area contributed by atoms with Crippen LogP contribution in [-0.4, -0.2) is 16.1 Å². The van der Waals surface area contributed by atoms with Gasteiger partial charge in [0.25, 0.3) is 0 Å². The first-order valence-electron chi connectivity index (χ1n) is 6.72. The minimum absolute atomic E-state index is 0.124. The molecule has 0 unspecified atom stereocenters. The Morgan fingerprint density at radius 1 is 1.40 bits per heavy atom. The van der Waals surface area contributed by atoms with Crippen molar-refractivity contribution in [2.75, 3.05) is 0 Å². The SMILES string of the molecule is CC1(C)CCc2nc3cc(Cl)ccc3c(C(=O)O)c2C1. The maximum Gasteiger partial charge on any atom is 0.336 e. The number of carboxylic acid groups (broad SMARTS) is 1. The number of halogens is 1. The van der Waals surface area contributed by atoms with Crippen LogP contribution in [-0.2, 0) is 12.8 Å². The van der Waals surface area contributed by atoms with E-state index in [0.717, 1.165) is 30.5 Å². The van der Waals surface area contributed by atoms with Crippen molar-refractivity contribution in [2.24, 2.45) is 5.41 Å². The van der Waals surface area contributed by atoms with E-state index in [0.29, 0.717) is 21.5 Å². The lowest BCUT2D eigenvalue weighted by atomic mass is 9.74. The fourth-order valence-electron chi connectivity index (χ4n) is 2.99. The number of fused-ring (bicyclic) bond motifs is 2. The zero-order valence-corrected chi connectivity index (χ0v) is 12.3. The summed E-state index contributed by atoms with van der Waals surface area (Å²) in [4.78, 5) is 16.4. The molecule has 2 aromatic rings. The van der Waals surface area contributed by atoms with Crippen LogP contribution in [0.4, 0.5) is 0 Å². The fourth-order valence-corrected chi connectivity index (χ4v) is 3.16. The van der Waals surface area contributed by atoms with Crippen molar-refractivity contribution < 1.29 is 9.90 Å². The third kappa shape index (κ3) is 2.16. The molecule has 1 aliphatic rings. The Kier molecular flexibility index (Phi) is 2.98. The quantitative estimate of drug-likeness (QED) is 0.860. The van der Waals surface area contributed by atoms with E-state index in [1.165, 1.54) is 0 Å². The van der Waals surface area contributed by atoms with Crippen LogP contribution in [0.25, 0.3) is 10.9 Å². The number of pyridine rings is 1. The van der Waals surface area contributed by atoms with Gasteiger partial charge in [0.1, 0.15) is 0 Å². The molecule has 1 heterocycles. The molecule has 0 aliphatic heterocycles. The zero-order valence-electron chi connectivity index (χ0n) is 11.5. The van der Waals surface area contributed by atoms with E-state index < -0.39 is 5.97 Å². The second-order valence-electron chi connectivity index (χ2n) is 6.22. The van der Waals surface area contributed by atoms with Crippen LogP contribution in [0.2, 0.25) is 5.02 Å². The fraction of sp³-hybridized carbons (Fsp3) is 0.375. The molecule has 104 valence electrons. The van der Waals surface area contributed by atoms with Crippen LogP contribution in [0.1, 0.15) is 41.9 Å². The largest absolute Gasteiger partial charge is 0.478 e. The van der Waals surface area contributed by atoms with Gasteiger partial charge in [0.2, 0.25) is 0 Å². The van der Waals surface area contributed by atoms with Gasteiger partial charge in [-0.25, -0.2) is 4.79 Å². The number of hydrogen-bond donors (Lipinski definition) is 1. The molecular formula is C16H16ClNO2. The topological polar surface area (TPSA) is 50.2 Å². The second kappa shape index (κ2) is 4.45. The Hall–Kier alpha value is -1.61. The molecule has 4 heteroatoms. The molecule has 1 aromatic heterocycles. The average Bonchev–Trinajstić information content (AvgIpc) is 2.35. The molecule has 0 bridgehead atoms. The normalized spacial score (nSPS) is 16.9. The number of aromatic carboxylic acids is 1. The lowest BCUT2D eigenvalue weighted by Gasteiger charge is -2.31. The number of carboxylic acids is 1. The molecule has 1 aromatic carbocycles. The van der Waals surface area contributed by atoms with Crippen molar-refractivity contribution in [1.82, 2.24) is 4.98 Å². The standard InChI is InChI=1S/C16H16ClNO2/c1-16(2)6-5-12-11(8-16)14(15(19)20)10-4-3-9(17)7-13(10)18-12/h3-4,7H,5-6,8H2,1-2H3,(H,19,20). The predicted molar refractivity (Wildman–Crippen MR) is 79.5 cm³/mol. The maximum absolute atomic E-state index is 11.7. The maximum atomic E-state index is 11.7. The van der Waals surface area contributed by atoms with E-state index >= 15 is 0 Å². The molecule has 3 nitrogen and oxygen atoms in total. The molecule has 3 rings (SSSR count). The van der Waals surface area contributed by atoms with Crippen LogP contribution >= 0.6 is 11.6 Å². The first-order chi connectivity index (χ1) is 9.37.